The highest BCUT2D eigenvalue weighted by Gasteiger charge is 2.34. The fourth-order valence-electron chi connectivity index (χ4n) is 2.51. The van der Waals surface area contributed by atoms with Gasteiger partial charge in [0.2, 0.25) is 0 Å². The number of benzene rings is 1. The van der Waals surface area contributed by atoms with Crippen molar-refractivity contribution in [2.75, 3.05) is 25.0 Å². The fourth-order valence-corrected chi connectivity index (χ4v) is 2.51. The van der Waals surface area contributed by atoms with Crippen LogP contribution in [0.2, 0.25) is 0 Å². The molecule has 0 aliphatic carbocycles. The average molecular weight is 276 g/mol. The summed E-state index contributed by atoms with van der Waals surface area (Å²) in [4.78, 5) is 25.2. The van der Waals surface area contributed by atoms with Gasteiger partial charge in [-0.1, -0.05) is 0 Å². The lowest BCUT2D eigenvalue weighted by Crippen LogP contribution is -2.34. The van der Waals surface area contributed by atoms with E-state index in [1.807, 2.05) is 0 Å². The third-order valence-corrected chi connectivity index (χ3v) is 3.60. The number of amides is 2. The van der Waals surface area contributed by atoms with Crippen LogP contribution >= 0.6 is 0 Å². The van der Waals surface area contributed by atoms with Gasteiger partial charge in [0.1, 0.15) is 5.75 Å². The Kier molecular flexibility index (Phi) is 2.90. The van der Waals surface area contributed by atoms with Crippen LogP contribution in [0.25, 0.3) is 0 Å². The van der Waals surface area contributed by atoms with E-state index < -0.39 is 5.60 Å². The van der Waals surface area contributed by atoms with Gasteiger partial charge in [-0.2, -0.15) is 0 Å². The zero-order chi connectivity index (χ0) is 14.3. The van der Waals surface area contributed by atoms with E-state index in [4.69, 9.17) is 4.74 Å². The standard InChI is InChI=1S/C14H16N2O4/c1-14(19)4-5-16(8-14)13(18)9-2-3-10-11(6-9)20-7-12(17)15-10/h2-3,6,19H,4-5,7-8H2,1H3,(H,15,17). The maximum Gasteiger partial charge on any atom is 0.262 e. The van der Waals surface area contributed by atoms with Crippen LogP contribution in [0.4, 0.5) is 5.69 Å². The molecule has 1 fully saturated rings. The summed E-state index contributed by atoms with van der Waals surface area (Å²) in [5, 5.41) is 12.6. The zero-order valence-corrected chi connectivity index (χ0v) is 11.2. The number of hydrogen-bond acceptors (Lipinski definition) is 4. The third-order valence-electron chi connectivity index (χ3n) is 3.60. The number of nitrogens with zero attached hydrogens (tertiary/aromatic N) is 1. The smallest absolute Gasteiger partial charge is 0.262 e. The van der Waals surface area contributed by atoms with E-state index in [0.717, 1.165) is 0 Å². The minimum absolute atomic E-state index is 0.0386. The molecule has 0 aromatic heterocycles. The van der Waals surface area contributed by atoms with Crippen molar-refractivity contribution in [3.8, 4) is 5.75 Å². The molecule has 1 unspecified atom stereocenters. The number of ether oxygens (including phenoxy) is 1. The number of carbonyl (C=O) groups excluding carboxylic acids is 2. The molecule has 2 aliphatic heterocycles. The second-order valence-corrected chi connectivity index (χ2v) is 5.52. The molecule has 1 aromatic carbocycles. The SMILES string of the molecule is CC1(O)CCN(C(=O)c2ccc3c(c2)OCC(=O)N3)C1. The van der Waals surface area contributed by atoms with Gasteiger partial charge >= 0.3 is 0 Å². The maximum absolute atomic E-state index is 12.4. The quantitative estimate of drug-likeness (QED) is 0.788. The summed E-state index contributed by atoms with van der Waals surface area (Å²) in [6, 6.07) is 4.95. The highest BCUT2D eigenvalue weighted by Crippen LogP contribution is 2.30. The van der Waals surface area contributed by atoms with Crippen LogP contribution in [-0.2, 0) is 4.79 Å². The molecule has 1 saturated heterocycles. The molecular weight excluding hydrogens is 260 g/mol. The molecule has 6 nitrogen and oxygen atoms in total. The number of nitrogens with one attached hydrogen (secondary N) is 1. The van der Waals surface area contributed by atoms with Crippen LogP contribution < -0.4 is 10.1 Å². The lowest BCUT2D eigenvalue weighted by molar-refractivity contribution is -0.118. The van der Waals surface area contributed by atoms with Crippen LogP contribution in [0, 0.1) is 0 Å². The third kappa shape index (κ3) is 2.34. The van der Waals surface area contributed by atoms with Gasteiger partial charge in [-0.25, -0.2) is 0 Å². The van der Waals surface area contributed by atoms with Crippen LogP contribution in [0.3, 0.4) is 0 Å². The van der Waals surface area contributed by atoms with Crippen molar-refractivity contribution in [1.82, 2.24) is 4.90 Å². The van der Waals surface area contributed by atoms with Gasteiger partial charge in [0.15, 0.2) is 6.61 Å². The van der Waals surface area contributed by atoms with E-state index in [1.54, 1.807) is 30.0 Å². The Labute approximate surface area is 116 Å². The van der Waals surface area contributed by atoms with Crippen LogP contribution in [0.15, 0.2) is 18.2 Å². The van der Waals surface area contributed by atoms with E-state index in [1.165, 1.54) is 0 Å². The lowest BCUT2D eigenvalue weighted by Gasteiger charge is -2.21. The summed E-state index contributed by atoms with van der Waals surface area (Å²) in [6.45, 7) is 2.57. The molecule has 0 spiro atoms. The summed E-state index contributed by atoms with van der Waals surface area (Å²) in [7, 11) is 0. The Morgan fingerprint density at radius 2 is 2.30 bits per heavy atom. The second kappa shape index (κ2) is 4.49. The molecule has 0 radical (unpaired) electrons. The van der Waals surface area contributed by atoms with Crippen molar-refractivity contribution in [3.63, 3.8) is 0 Å². The first-order valence-corrected chi connectivity index (χ1v) is 6.53. The monoisotopic (exact) mass is 276 g/mol. The first kappa shape index (κ1) is 12.9. The van der Waals surface area contributed by atoms with Crippen molar-refractivity contribution < 1.29 is 19.4 Å². The fraction of sp³-hybridized carbons (Fsp3) is 0.429. The highest BCUT2D eigenvalue weighted by atomic mass is 16.5. The van der Waals surface area contributed by atoms with E-state index in [9.17, 15) is 14.7 Å². The number of carbonyl (C=O) groups is 2. The van der Waals surface area contributed by atoms with Gasteiger partial charge in [-0.15, -0.1) is 0 Å². The number of hydrogen-bond donors (Lipinski definition) is 2. The molecule has 0 bridgehead atoms. The van der Waals surface area contributed by atoms with Crippen LogP contribution in [0.5, 0.6) is 5.75 Å². The Bertz CT molecular complexity index is 583. The van der Waals surface area contributed by atoms with E-state index in [2.05, 4.69) is 5.32 Å². The molecule has 1 aromatic rings. The Balaban J connectivity index is 1.81. The number of β-amino-alcohol motifs (C(OH)–C–C–N with tert-alkyl or cyclic N) is 1. The maximum atomic E-state index is 12.4. The van der Waals surface area contributed by atoms with Gasteiger partial charge in [0.25, 0.3) is 11.8 Å². The van der Waals surface area contributed by atoms with Crippen LogP contribution in [0.1, 0.15) is 23.7 Å². The predicted molar refractivity (Wildman–Crippen MR) is 71.7 cm³/mol. The van der Waals surface area contributed by atoms with Gasteiger partial charge in [0, 0.05) is 18.7 Å². The van der Waals surface area contributed by atoms with E-state index >= 15 is 0 Å². The molecule has 6 heteroatoms. The summed E-state index contributed by atoms with van der Waals surface area (Å²) in [6.07, 6.45) is 0.580. The molecule has 2 N–H and O–H groups in total. The Morgan fingerprint density at radius 3 is 3.00 bits per heavy atom. The first-order valence-electron chi connectivity index (χ1n) is 6.53. The normalized spacial score (nSPS) is 24.9. The minimum Gasteiger partial charge on any atom is -0.482 e. The zero-order valence-electron chi connectivity index (χ0n) is 11.2. The summed E-state index contributed by atoms with van der Waals surface area (Å²) in [5.74, 6) is 0.166. The number of anilines is 1. The van der Waals surface area contributed by atoms with Crippen molar-refractivity contribution in [3.05, 3.63) is 23.8 Å². The van der Waals surface area contributed by atoms with Crippen molar-refractivity contribution >= 4 is 17.5 Å². The minimum atomic E-state index is -0.811. The van der Waals surface area contributed by atoms with Crippen LogP contribution in [-0.4, -0.2) is 47.1 Å². The molecule has 20 heavy (non-hydrogen) atoms. The topological polar surface area (TPSA) is 78.9 Å². The molecular formula is C14H16N2O4. The summed E-state index contributed by atoms with van der Waals surface area (Å²) < 4.78 is 5.30. The van der Waals surface area contributed by atoms with Gasteiger partial charge in [0.05, 0.1) is 11.3 Å². The van der Waals surface area contributed by atoms with Crippen molar-refractivity contribution in [2.24, 2.45) is 0 Å². The molecule has 106 valence electrons. The molecule has 1 atom stereocenters. The molecule has 2 heterocycles. The first-order chi connectivity index (χ1) is 9.44. The number of rotatable bonds is 1. The predicted octanol–water partition coefficient (Wildman–Crippen LogP) is 0.614. The van der Waals surface area contributed by atoms with Gasteiger partial charge in [-0.3, -0.25) is 9.59 Å². The molecule has 0 saturated carbocycles. The molecule has 2 aliphatic rings. The number of aliphatic hydroxyl groups is 1. The largest absolute Gasteiger partial charge is 0.482 e. The number of fused-ring (bicyclic) bond motifs is 1. The highest BCUT2D eigenvalue weighted by molar-refractivity contribution is 5.99. The van der Waals surface area contributed by atoms with Gasteiger partial charge < -0.3 is 20.1 Å². The van der Waals surface area contributed by atoms with E-state index in [-0.39, 0.29) is 18.4 Å². The van der Waals surface area contributed by atoms with Crippen molar-refractivity contribution in [1.29, 1.82) is 0 Å². The molecule has 3 rings (SSSR count). The van der Waals surface area contributed by atoms with Gasteiger partial charge in [-0.05, 0) is 31.5 Å². The van der Waals surface area contributed by atoms with Crippen molar-refractivity contribution in [2.45, 2.75) is 18.9 Å². The van der Waals surface area contributed by atoms with E-state index in [0.29, 0.717) is 36.5 Å². The summed E-state index contributed by atoms with van der Waals surface area (Å²) in [5.41, 5.74) is 0.262. The number of likely N-dealkylation sites (tertiary alicyclic amines) is 1. The summed E-state index contributed by atoms with van der Waals surface area (Å²) >= 11 is 0. The average Bonchev–Trinajstić information content (AvgIpc) is 2.77. The second-order valence-electron chi connectivity index (χ2n) is 5.52. The lowest BCUT2D eigenvalue weighted by atomic mass is 10.1. The Morgan fingerprint density at radius 1 is 1.50 bits per heavy atom. The molecule has 2 amide bonds. The Hall–Kier alpha value is -2.08.